The van der Waals surface area contributed by atoms with Crippen LogP contribution < -0.4 is 14.8 Å². The number of aromatic nitrogens is 3. The van der Waals surface area contributed by atoms with E-state index in [0.29, 0.717) is 18.9 Å². The number of nitrogens with one attached hydrogen (secondary N) is 1. The van der Waals surface area contributed by atoms with Crippen LogP contribution >= 0.6 is 0 Å². The number of aryl methyl sites for hydroxylation is 1. The van der Waals surface area contributed by atoms with E-state index in [9.17, 15) is 4.79 Å². The predicted octanol–water partition coefficient (Wildman–Crippen LogP) is 0.661. The summed E-state index contributed by atoms with van der Waals surface area (Å²) in [4.78, 5) is 11.9. The molecule has 0 spiro atoms. The molecule has 2 aromatic rings. The Labute approximate surface area is 121 Å². The molecule has 0 radical (unpaired) electrons. The van der Waals surface area contributed by atoms with Crippen LogP contribution in [-0.2, 0) is 18.4 Å². The maximum atomic E-state index is 11.9. The molecule has 1 aromatic heterocycles. The first-order valence-electron chi connectivity index (χ1n) is 6.71. The molecule has 1 aliphatic rings. The van der Waals surface area contributed by atoms with Gasteiger partial charge in [0.2, 0.25) is 5.91 Å². The summed E-state index contributed by atoms with van der Waals surface area (Å²) in [5.74, 6) is 1.30. The van der Waals surface area contributed by atoms with E-state index < -0.39 is 0 Å². The Morgan fingerprint density at radius 2 is 2.24 bits per heavy atom. The maximum Gasteiger partial charge on any atom is 0.224 e. The van der Waals surface area contributed by atoms with Crippen LogP contribution in [0.4, 0.5) is 0 Å². The van der Waals surface area contributed by atoms with Crippen molar-refractivity contribution in [3.63, 3.8) is 0 Å². The van der Waals surface area contributed by atoms with Crippen molar-refractivity contribution < 1.29 is 14.3 Å². The number of ether oxygens (including phenoxy) is 2. The molecule has 0 saturated heterocycles. The molecule has 3 rings (SSSR count). The zero-order chi connectivity index (χ0) is 14.7. The van der Waals surface area contributed by atoms with Crippen molar-refractivity contribution in [1.29, 1.82) is 0 Å². The van der Waals surface area contributed by atoms with E-state index in [1.54, 1.807) is 17.9 Å². The smallest absolute Gasteiger partial charge is 0.224 e. The van der Waals surface area contributed by atoms with Crippen LogP contribution in [0.2, 0.25) is 0 Å². The number of hydrogen-bond donors (Lipinski definition) is 1. The third kappa shape index (κ3) is 3.13. The Morgan fingerprint density at radius 3 is 3.00 bits per heavy atom. The first-order chi connectivity index (χ1) is 10.2. The molecule has 21 heavy (non-hydrogen) atoms. The van der Waals surface area contributed by atoms with Crippen LogP contribution in [0.1, 0.15) is 12.1 Å². The van der Waals surface area contributed by atoms with Gasteiger partial charge in [0.05, 0.1) is 24.9 Å². The van der Waals surface area contributed by atoms with Gasteiger partial charge in [0, 0.05) is 7.05 Å². The zero-order valence-electron chi connectivity index (χ0n) is 11.7. The van der Waals surface area contributed by atoms with Crippen molar-refractivity contribution >= 4 is 5.91 Å². The Bertz CT molecular complexity index is 641. The number of benzene rings is 1. The van der Waals surface area contributed by atoms with Gasteiger partial charge in [0.15, 0.2) is 11.5 Å². The highest BCUT2D eigenvalue weighted by atomic mass is 16.6. The van der Waals surface area contributed by atoms with Gasteiger partial charge in [-0.3, -0.25) is 9.48 Å². The third-order valence-corrected chi connectivity index (χ3v) is 3.26. The highest BCUT2D eigenvalue weighted by Crippen LogP contribution is 2.31. The number of rotatable bonds is 4. The number of nitrogens with zero attached hydrogens (tertiary/aromatic N) is 3. The first kappa shape index (κ1) is 13.4. The molecular weight excluding hydrogens is 272 g/mol. The van der Waals surface area contributed by atoms with Gasteiger partial charge in [0.25, 0.3) is 0 Å². The van der Waals surface area contributed by atoms with Crippen LogP contribution in [0.15, 0.2) is 30.5 Å². The Morgan fingerprint density at radius 1 is 1.43 bits per heavy atom. The average Bonchev–Trinajstić information content (AvgIpc) is 2.90. The number of fused-ring (bicyclic) bond motifs is 1. The summed E-state index contributed by atoms with van der Waals surface area (Å²) in [6.45, 7) is 0.768. The molecule has 0 bridgehead atoms. The summed E-state index contributed by atoms with van der Waals surface area (Å²) in [6.07, 6.45) is 1.60. The lowest BCUT2D eigenvalue weighted by Crippen LogP contribution is -2.35. The lowest BCUT2D eigenvalue weighted by Gasteiger charge is -2.26. The van der Waals surface area contributed by atoms with Crippen molar-refractivity contribution in [3.8, 4) is 11.5 Å². The lowest BCUT2D eigenvalue weighted by molar-refractivity contribution is -0.123. The minimum absolute atomic E-state index is 0.0934. The summed E-state index contributed by atoms with van der Waals surface area (Å²) < 4.78 is 12.9. The molecule has 1 aliphatic heterocycles. The Balaban J connectivity index is 1.51. The molecule has 1 aromatic carbocycles. The average molecular weight is 288 g/mol. The Kier molecular flexibility index (Phi) is 3.72. The summed E-state index contributed by atoms with van der Waals surface area (Å²) in [7, 11) is 1.78. The van der Waals surface area contributed by atoms with E-state index in [4.69, 9.17) is 9.47 Å². The van der Waals surface area contributed by atoms with Crippen LogP contribution in [0.5, 0.6) is 11.5 Å². The fraction of sp³-hybridized carbons (Fsp3) is 0.357. The lowest BCUT2D eigenvalue weighted by atomic mass is 10.2. The van der Waals surface area contributed by atoms with E-state index in [2.05, 4.69) is 15.6 Å². The van der Waals surface area contributed by atoms with E-state index in [-0.39, 0.29) is 18.4 Å². The van der Waals surface area contributed by atoms with Crippen LogP contribution in [0, 0.1) is 0 Å². The van der Waals surface area contributed by atoms with E-state index in [0.717, 1.165) is 11.4 Å². The van der Waals surface area contributed by atoms with Crippen LogP contribution in [-0.4, -0.2) is 33.6 Å². The molecule has 7 heteroatoms. The van der Waals surface area contributed by atoms with Crippen molar-refractivity contribution in [1.82, 2.24) is 20.3 Å². The van der Waals surface area contributed by atoms with Crippen molar-refractivity contribution in [2.24, 2.45) is 7.05 Å². The second kappa shape index (κ2) is 5.82. The number of amides is 1. The predicted molar refractivity (Wildman–Crippen MR) is 73.8 cm³/mol. The summed E-state index contributed by atoms with van der Waals surface area (Å²) in [5, 5.41) is 10.4. The molecule has 0 fully saturated rings. The number of para-hydroxylation sites is 2. The molecule has 110 valence electrons. The van der Waals surface area contributed by atoms with Crippen LogP contribution in [0.3, 0.4) is 0 Å². The van der Waals surface area contributed by atoms with Gasteiger partial charge in [-0.25, -0.2) is 0 Å². The molecule has 0 saturated carbocycles. The molecule has 0 aliphatic carbocycles. The van der Waals surface area contributed by atoms with Gasteiger partial charge < -0.3 is 14.8 Å². The van der Waals surface area contributed by atoms with Gasteiger partial charge >= 0.3 is 0 Å². The first-order valence-corrected chi connectivity index (χ1v) is 6.71. The van der Waals surface area contributed by atoms with Gasteiger partial charge in [-0.2, -0.15) is 0 Å². The normalized spacial score (nSPS) is 16.5. The molecule has 1 unspecified atom stereocenters. The molecule has 7 nitrogen and oxygen atoms in total. The number of carbonyl (C=O) groups excluding carboxylic acids is 1. The standard InChI is InChI=1S/C14H16N4O3/c1-18-10(8-16-17-18)7-15-14(19)6-11-9-20-12-4-2-3-5-13(12)21-11/h2-5,8,11H,6-7,9H2,1H3,(H,15,19). The molecular formula is C14H16N4O3. The SMILES string of the molecule is Cn1nncc1CNC(=O)CC1COc2ccccc2O1. The third-order valence-electron chi connectivity index (χ3n) is 3.26. The number of hydrogen-bond acceptors (Lipinski definition) is 5. The van der Waals surface area contributed by atoms with Gasteiger partial charge in [-0.15, -0.1) is 5.10 Å². The molecule has 1 amide bonds. The number of carbonyl (C=O) groups is 1. The summed E-state index contributed by atoms with van der Waals surface area (Å²) in [6, 6.07) is 7.44. The monoisotopic (exact) mass is 288 g/mol. The summed E-state index contributed by atoms with van der Waals surface area (Å²) >= 11 is 0. The van der Waals surface area contributed by atoms with E-state index in [1.165, 1.54) is 0 Å². The van der Waals surface area contributed by atoms with E-state index >= 15 is 0 Å². The topological polar surface area (TPSA) is 78.3 Å². The minimum atomic E-state index is -0.274. The van der Waals surface area contributed by atoms with E-state index in [1.807, 2.05) is 24.3 Å². The molecule has 2 heterocycles. The quantitative estimate of drug-likeness (QED) is 0.894. The van der Waals surface area contributed by atoms with Gasteiger partial charge in [0.1, 0.15) is 12.7 Å². The Hall–Kier alpha value is -2.57. The maximum absolute atomic E-state index is 11.9. The second-order valence-electron chi connectivity index (χ2n) is 4.83. The van der Waals surface area contributed by atoms with Crippen molar-refractivity contribution in [3.05, 3.63) is 36.2 Å². The van der Waals surface area contributed by atoms with Gasteiger partial charge in [-0.05, 0) is 12.1 Å². The fourth-order valence-electron chi connectivity index (χ4n) is 2.10. The van der Waals surface area contributed by atoms with Crippen molar-refractivity contribution in [2.45, 2.75) is 19.1 Å². The van der Waals surface area contributed by atoms with Crippen molar-refractivity contribution in [2.75, 3.05) is 6.61 Å². The molecule has 1 N–H and O–H groups in total. The molecule has 1 atom stereocenters. The second-order valence-corrected chi connectivity index (χ2v) is 4.83. The van der Waals surface area contributed by atoms with Crippen LogP contribution in [0.25, 0.3) is 0 Å². The van der Waals surface area contributed by atoms with Gasteiger partial charge in [-0.1, -0.05) is 17.3 Å². The minimum Gasteiger partial charge on any atom is -0.486 e. The highest BCUT2D eigenvalue weighted by molar-refractivity contribution is 5.76. The fourth-order valence-corrected chi connectivity index (χ4v) is 2.10. The highest BCUT2D eigenvalue weighted by Gasteiger charge is 2.23. The zero-order valence-corrected chi connectivity index (χ0v) is 11.7. The largest absolute Gasteiger partial charge is 0.486 e. The summed E-state index contributed by atoms with van der Waals surface area (Å²) in [5.41, 5.74) is 0.842.